The van der Waals surface area contributed by atoms with Gasteiger partial charge in [-0.05, 0) is 52.0 Å². The van der Waals surface area contributed by atoms with Crippen molar-refractivity contribution in [2.75, 3.05) is 0 Å². The van der Waals surface area contributed by atoms with Gasteiger partial charge in [-0.25, -0.2) is 0 Å². The van der Waals surface area contributed by atoms with Gasteiger partial charge in [0.25, 0.3) is 0 Å². The molecule has 0 spiro atoms. The van der Waals surface area contributed by atoms with E-state index in [9.17, 15) is 0 Å². The van der Waals surface area contributed by atoms with Gasteiger partial charge in [0.2, 0.25) is 0 Å². The number of hydrogen-bond donors (Lipinski definition) is 0. The number of rotatable bonds is 5. The molecule has 0 nitrogen and oxygen atoms in total. The molecule has 0 heterocycles. The van der Waals surface area contributed by atoms with Crippen LogP contribution in [0.25, 0.3) is 0 Å². The second-order valence-corrected chi connectivity index (χ2v) is 11.1. The van der Waals surface area contributed by atoms with Crippen LogP contribution in [0, 0.1) is 16.2 Å². The molecule has 2 atom stereocenters. The maximum absolute atomic E-state index is 2.41. The Labute approximate surface area is 152 Å². The van der Waals surface area contributed by atoms with Gasteiger partial charge in [0.15, 0.2) is 0 Å². The Bertz CT molecular complexity index is 485. The molecule has 0 bridgehead atoms. The highest BCUT2D eigenvalue weighted by Crippen LogP contribution is 2.44. The summed E-state index contributed by atoms with van der Waals surface area (Å²) in [5, 5.41) is 0. The van der Waals surface area contributed by atoms with Crippen molar-refractivity contribution in [3.8, 4) is 0 Å². The molecule has 0 saturated heterocycles. The monoisotopic (exact) mass is 330 g/mol. The van der Waals surface area contributed by atoms with Gasteiger partial charge in [0.1, 0.15) is 0 Å². The fourth-order valence-electron chi connectivity index (χ4n) is 3.89. The molecule has 138 valence electrons. The summed E-state index contributed by atoms with van der Waals surface area (Å²) in [5.74, 6) is 1.25. The molecule has 0 N–H and O–H groups in total. The summed E-state index contributed by atoms with van der Waals surface area (Å²) in [5.41, 5.74) is 3.99. The Morgan fingerprint density at radius 3 is 1.33 bits per heavy atom. The lowest BCUT2D eigenvalue weighted by Gasteiger charge is -2.36. The first kappa shape index (κ1) is 21.3. The van der Waals surface area contributed by atoms with Crippen LogP contribution < -0.4 is 0 Å². The molecule has 24 heavy (non-hydrogen) atoms. The standard InChI is InChI=1S/C24H42/c1-11-12-20(23(5,6)7)18-13-15-19(16-14-18)21(24(8,9)10)17-22(2,3)4/h13-16,20-21H,11-12,17H2,1-10H3. The molecule has 0 radical (unpaired) electrons. The van der Waals surface area contributed by atoms with Crippen molar-refractivity contribution in [1.29, 1.82) is 0 Å². The molecule has 0 amide bonds. The average Bonchev–Trinajstić information content (AvgIpc) is 2.39. The van der Waals surface area contributed by atoms with E-state index in [0.29, 0.717) is 28.1 Å². The summed E-state index contributed by atoms with van der Waals surface area (Å²) in [7, 11) is 0. The summed E-state index contributed by atoms with van der Waals surface area (Å²) in [4.78, 5) is 0. The minimum atomic E-state index is 0.293. The highest BCUT2D eigenvalue weighted by molar-refractivity contribution is 5.30. The lowest BCUT2D eigenvalue weighted by atomic mass is 9.68. The van der Waals surface area contributed by atoms with Gasteiger partial charge in [0.05, 0.1) is 0 Å². The van der Waals surface area contributed by atoms with Crippen molar-refractivity contribution >= 4 is 0 Å². The smallest absolute Gasteiger partial charge is 0.0108 e. The first-order chi connectivity index (χ1) is 10.8. The minimum Gasteiger partial charge on any atom is -0.0654 e. The van der Waals surface area contributed by atoms with Gasteiger partial charge < -0.3 is 0 Å². The van der Waals surface area contributed by atoms with Gasteiger partial charge in [-0.1, -0.05) is 99.9 Å². The highest BCUT2D eigenvalue weighted by atomic mass is 14.4. The van der Waals surface area contributed by atoms with Crippen LogP contribution in [0.2, 0.25) is 0 Å². The fourth-order valence-corrected chi connectivity index (χ4v) is 3.89. The minimum absolute atomic E-state index is 0.293. The molecule has 0 aromatic heterocycles. The quantitative estimate of drug-likeness (QED) is 0.510. The molecular formula is C24H42. The lowest BCUT2D eigenvalue weighted by Crippen LogP contribution is -2.24. The van der Waals surface area contributed by atoms with Gasteiger partial charge in [-0.2, -0.15) is 0 Å². The zero-order valence-corrected chi connectivity index (χ0v) is 18.1. The van der Waals surface area contributed by atoms with Crippen LogP contribution in [0.3, 0.4) is 0 Å². The van der Waals surface area contributed by atoms with Crippen molar-refractivity contribution in [1.82, 2.24) is 0 Å². The van der Waals surface area contributed by atoms with Crippen LogP contribution in [0.4, 0.5) is 0 Å². The molecule has 0 aliphatic rings. The van der Waals surface area contributed by atoms with Crippen molar-refractivity contribution in [3.05, 3.63) is 35.4 Å². The van der Waals surface area contributed by atoms with Crippen molar-refractivity contribution in [2.45, 2.75) is 100 Å². The first-order valence-electron chi connectivity index (χ1n) is 9.85. The van der Waals surface area contributed by atoms with E-state index in [1.807, 2.05) is 0 Å². The molecular weight excluding hydrogens is 288 g/mol. The lowest BCUT2D eigenvalue weighted by molar-refractivity contribution is 0.229. The van der Waals surface area contributed by atoms with Crippen LogP contribution in [0.1, 0.15) is 111 Å². The zero-order valence-electron chi connectivity index (χ0n) is 18.1. The van der Waals surface area contributed by atoms with Gasteiger partial charge >= 0.3 is 0 Å². The molecule has 2 unspecified atom stereocenters. The predicted molar refractivity (Wildman–Crippen MR) is 110 cm³/mol. The van der Waals surface area contributed by atoms with Crippen molar-refractivity contribution < 1.29 is 0 Å². The molecule has 1 rings (SSSR count). The second kappa shape index (κ2) is 7.63. The number of benzene rings is 1. The molecule has 1 aromatic carbocycles. The van der Waals surface area contributed by atoms with E-state index >= 15 is 0 Å². The molecule has 1 aromatic rings. The predicted octanol–water partition coefficient (Wildman–Crippen LogP) is 8.18. The van der Waals surface area contributed by atoms with Crippen molar-refractivity contribution in [3.63, 3.8) is 0 Å². The van der Waals surface area contributed by atoms with Gasteiger partial charge in [0, 0.05) is 0 Å². The average molecular weight is 331 g/mol. The summed E-state index contributed by atoms with van der Waals surface area (Å²) in [6.45, 7) is 23.6. The fraction of sp³-hybridized carbons (Fsp3) is 0.750. The Kier molecular flexibility index (Phi) is 6.76. The molecule has 0 aliphatic heterocycles. The van der Waals surface area contributed by atoms with E-state index in [4.69, 9.17) is 0 Å². The maximum Gasteiger partial charge on any atom is -0.0108 e. The Hall–Kier alpha value is -0.780. The van der Waals surface area contributed by atoms with Crippen LogP contribution in [-0.2, 0) is 0 Å². The van der Waals surface area contributed by atoms with E-state index in [0.717, 1.165) is 0 Å². The van der Waals surface area contributed by atoms with Gasteiger partial charge in [-0.15, -0.1) is 0 Å². The normalized spacial score (nSPS) is 16.1. The largest absolute Gasteiger partial charge is 0.0654 e. The second-order valence-electron chi connectivity index (χ2n) is 11.1. The SMILES string of the molecule is CCCC(c1ccc(C(CC(C)(C)C)C(C)(C)C)cc1)C(C)(C)C. The maximum atomic E-state index is 2.41. The van der Waals surface area contributed by atoms with Crippen molar-refractivity contribution in [2.24, 2.45) is 16.2 Å². The van der Waals surface area contributed by atoms with E-state index < -0.39 is 0 Å². The topological polar surface area (TPSA) is 0 Å². The Balaban J connectivity index is 3.14. The number of hydrogen-bond acceptors (Lipinski definition) is 0. The summed E-state index contributed by atoms with van der Waals surface area (Å²) in [6, 6.07) is 9.63. The third kappa shape index (κ3) is 6.26. The van der Waals surface area contributed by atoms with Crippen LogP contribution >= 0.6 is 0 Å². The molecule has 0 fully saturated rings. The Morgan fingerprint density at radius 2 is 1.04 bits per heavy atom. The molecule has 0 heteroatoms. The van der Waals surface area contributed by atoms with E-state index in [1.165, 1.54) is 30.4 Å². The molecule has 0 saturated carbocycles. The highest BCUT2D eigenvalue weighted by Gasteiger charge is 2.31. The van der Waals surface area contributed by atoms with Crippen LogP contribution in [0.5, 0.6) is 0 Å². The van der Waals surface area contributed by atoms with Gasteiger partial charge in [-0.3, -0.25) is 0 Å². The van der Waals surface area contributed by atoms with Crippen LogP contribution in [-0.4, -0.2) is 0 Å². The summed E-state index contributed by atoms with van der Waals surface area (Å²) in [6.07, 6.45) is 3.75. The van der Waals surface area contributed by atoms with Crippen LogP contribution in [0.15, 0.2) is 24.3 Å². The van der Waals surface area contributed by atoms with E-state index in [-0.39, 0.29) is 0 Å². The first-order valence-corrected chi connectivity index (χ1v) is 9.85. The third-order valence-electron chi connectivity index (χ3n) is 5.23. The Morgan fingerprint density at radius 1 is 0.667 bits per heavy atom. The van der Waals surface area contributed by atoms with E-state index in [1.54, 1.807) is 0 Å². The summed E-state index contributed by atoms with van der Waals surface area (Å²) < 4.78 is 0. The summed E-state index contributed by atoms with van der Waals surface area (Å²) >= 11 is 0. The zero-order chi connectivity index (χ0) is 18.8. The third-order valence-corrected chi connectivity index (χ3v) is 5.23. The molecule has 0 aliphatic carbocycles. The van der Waals surface area contributed by atoms with E-state index in [2.05, 4.69) is 93.5 Å².